The standard InChI is InChI=1S/C13H31N3/c1-7-14-12(2)11-13(3)16(6)10-8-9-15(4)5/h12-14H,7-11H2,1-6H3. The van der Waals surface area contributed by atoms with E-state index in [1.165, 1.54) is 25.9 Å². The average molecular weight is 229 g/mol. The second-order valence-corrected chi connectivity index (χ2v) is 5.18. The van der Waals surface area contributed by atoms with E-state index in [0.717, 1.165) is 6.54 Å². The van der Waals surface area contributed by atoms with Gasteiger partial charge in [0.05, 0.1) is 0 Å². The van der Waals surface area contributed by atoms with Crippen molar-refractivity contribution in [1.29, 1.82) is 0 Å². The SMILES string of the molecule is CCNC(C)CC(C)N(C)CCCN(C)C. The minimum atomic E-state index is 0.622. The van der Waals surface area contributed by atoms with Crippen molar-refractivity contribution < 1.29 is 0 Å². The van der Waals surface area contributed by atoms with Gasteiger partial charge in [-0.05, 0) is 67.5 Å². The molecule has 0 aromatic rings. The van der Waals surface area contributed by atoms with Crippen LogP contribution < -0.4 is 5.32 Å². The number of hydrogen-bond acceptors (Lipinski definition) is 3. The summed E-state index contributed by atoms with van der Waals surface area (Å²) in [7, 11) is 6.51. The van der Waals surface area contributed by atoms with Crippen LogP contribution in [0.3, 0.4) is 0 Å². The third-order valence-electron chi connectivity index (χ3n) is 3.12. The third-order valence-corrected chi connectivity index (χ3v) is 3.12. The van der Waals surface area contributed by atoms with Gasteiger partial charge < -0.3 is 15.1 Å². The minimum Gasteiger partial charge on any atom is -0.314 e. The number of hydrogen-bond donors (Lipinski definition) is 1. The van der Waals surface area contributed by atoms with Gasteiger partial charge >= 0.3 is 0 Å². The van der Waals surface area contributed by atoms with Crippen LogP contribution in [-0.4, -0.2) is 62.7 Å². The largest absolute Gasteiger partial charge is 0.314 e. The monoisotopic (exact) mass is 229 g/mol. The van der Waals surface area contributed by atoms with Gasteiger partial charge in [-0.1, -0.05) is 6.92 Å². The van der Waals surface area contributed by atoms with Gasteiger partial charge in [0.2, 0.25) is 0 Å². The highest BCUT2D eigenvalue weighted by Gasteiger charge is 2.12. The van der Waals surface area contributed by atoms with Crippen molar-refractivity contribution in [1.82, 2.24) is 15.1 Å². The van der Waals surface area contributed by atoms with Crippen LogP contribution in [0.2, 0.25) is 0 Å². The summed E-state index contributed by atoms with van der Waals surface area (Å²) >= 11 is 0. The van der Waals surface area contributed by atoms with Crippen molar-refractivity contribution in [3.05, 3.63) is 0 Å². The van der Waals surface area contributed by atoms with Gasteiger partial charge in [-0.15, -0.1) is 0 Å². The zero-order valence-corrected chi connectivity index (χ0v) is 12.1. The van der Waals surface area contributed by atoms with Crippen LogP contribution in [0.25, 0.3) is 0 Å². The van der Waals surface area contributed by atoms with Gasteiger partial charge in [-0.25, -0.2) is 0 Å². The van der Waals surface area contributed by atoms with E-state index in [9.17, 15) is 0 Å². The first-order chi connectivity index (χ1) is 7.47. The summed E-state index contributed by atoms with van der Waals surface area (Å²) in [4.78, 5) is 4.72. The molecule has 3 heteroatoms. The molecule has 2 unspecified atom stereocenters. The summed E-state index contributed by atoms with van der Waals surface area (Å²) in [6, 6.07) is 1.28. The molecular weight excluding hydrogens is 198 g/mol. The smallest absolute Gasteiger partial charge is 0.00785 e. The van der Waals surface area contributed by atoms with Crippen LogP contribution in [0, 0.1) is 0 Å². The highest BCUT2D eigenvalue weighted by molar-refractivity contribution is 4.70. The molecule has 98 valence electrons. The zero-order chi connectivity index (χ0) is 12.6. The molecule has 0 aliphatic heterocycles. The highest BCUT2D eigenvalue weighted by atomic mass is 15.1. The first kappa shape index (κ1) is 15.9. The summed E-state index contributed by atoms with van der Waals surface area (Å²) in [6.07, 6.45) is 2.48. The fourth-order valence-corrected chi connectivity index (χ4v) is 1.98. The summed E-state index contributed by atoms with van der Waals surface area (Å²) in [5, 5.41) is 3.47. The molecule has 0 rings (SSSR count). The van der Waals surface area contributed by atoms with E-state index in [1.807, 2.05) is 0 Å². The lowest BCUT2D eigenvalue weighted by Crippen LogP contribution is -2.37. The second kappa shape index (κ2) is 8.97. The Kier molecular flexibility index (Phi) is 8.90. The Morgan fingerprint density at radius 1 is 1.06 bits per heavy atom. The Labute approximate surface area is 102 Å². The number of nitrogens with zero attached hydrogens (tertiary/aromatic N) is 2. The van der Waals surface area contributed by atoms with E-state index in [4.69, 9.17) is 0 Å². The van der Waals surface area contributed by atoms with Gasteiger partial charge in [-0.2, -0.15) is 0 Å². The maximum absolute atomic E-state index is 3.47. The van der Waals surface area contributed by atoms with Gasteiger partial charge in [0.15, 0.2) is 0 Å². The Balaban J connectivity index is 3.67. The van der Waals surface area contributed by atoms with Gasteiger partial charge in [0, 0.05) is 12.1 Å². The van der Waals surface area contributed by atoms with E-state index in [0.29, 0.717) is 12.1 Å². The lowest BCUT2D eigenvalue weighted by molar-refractivity contribution is 0.219. The van der Waals surface area contributed by atoms with E-state index < -0.39 is 0 Å². The molecule has 0 bridgehead atoms. The molecule has 1 N–H and O–H groups in total. The van der Waals surface area contributed by atoms with E-state index in [2.05, 4.69) is 57.0 Å². The second-order valence-electron chi connectivity index (χ2n) is 5.18. The lowest BCUT2D eigenvalue weighted by atomic mass is 10.1. The Hall–Kier alpha value is -0.120. The Morgan fingerprint density at radius 2 is 1.69 bits per heavy atom. The molecule has 0 aliphatic rings. The summed E-state index contributed by atoms with van der Waals surface area (Å²) < 4.78 is 0. The first-order valence-corrected chi connectivity index (χ1v) is 6.55. The first-order valence-electron chi connectivity index (χ1n) is 6.55. The van der Waals surface area contributed by atoms with Crippen LogP contribution in [0.5, 0.6) is 0 Å². The molecule has 0 heterocycles. The Morgan fingerprint density at radius 3 is 2.19 bits per heavy atom. The zero-order valence-electron chi connectivity index (χ0n) is 12.1. The summed E-state index contributed by atoms with van der Waals surface area (Å²) in [5.74, 6) is 0. The topological polar surface area (TPSA) is 18.5 Å². The molecule has 2 atom stereocenters. The lowest BCUT2D eigenvalue weighted by Gasteiger charge is -2.27. The maximum atomic E-state index is 3.47. The molecule has 0 aromatic carbocycles. The van der Waals surface area contributed by atoms with Crippen molar-refractivity contribution in [2.75, 3.05) is 40.8 Å². The highest BCUT2D eigenvalue weighted by Crippen LogP contribution is 2.05. The quantitative estimate of drug-likeness (QED) is 0.648. The molecule has 0 fully saturated rings. The molecule has 0 saturated heterocycles. The van der Waals surface area contributed by atoms with E-state index in [-0.39, 0.29) is 0 Å². The predicted molar refractivity (Wildman–Crippen MR) is 73.0 cm³/mol. The third kappa shape index (κ3) is 8.08. The van der Waals surface area contributed by atoms with Crippen molar-refractivity contribution in [2.45, 2.75) is 45.7 Å². The molecular formula is C13H31N3. The summed E-state index contributed by atoms with van der Waals surface area (Å²) in [5.41, 5.74) is 0. The molecule has 0 aliphatic carbocycles. The van der Waals surface area contributed by atoms with Gasteiger partial charge in [0.25, 0.3) is 0 Å². The predicted octanol–water partition coefficient (Wildman–Crippen LogP) is 1.65. The van der Waals surface area contributed by atoms with Crippen LogP contribution in [-0.2, 0) is 0 Å². The van der Waals surface area contributed by atoms with E-state index >= 15 is 0 Å². The minimum absolute atomic E-state index is 0.622. The van der Waals surface area contributed by atoms with Gasteiger partial charge in [-0.3, -0.25) is 0 Å². The van der Waals surface area contributed by atoms with Crippen molar-refractivity contribution >= 4 is 0 Å². The molecule has 0 spiro atoms. The van der Waals surface area contributed by atoms with Gasteiger partial charge in [0.1, 0.15) is 0 Å². The Bertz CT molecular complexity index is 159. The molecule has 16 heavy (non-hydrogen) atoms. The van der Waals surface area contributed by atoms with Crippen molar-refractivity contribution in [3.8, 4) is 0 Å². The average Bonchev–Trinajstić information content (AvgIpc) is 2.17. The van der Waals surface area contributed by atoms with Crippen LogP contribution in [0.1, 0.15) is 33.6 Å². The molecule has 3 nitrogen and oxygen atoms in total. The normalized spacial score (nSPS) is 15.8. The van der Waals surface area contributed by atoms with E-state index in [1.54, 1.807) is 0 Å². The molecule has 0 amide bonds. The molecule has 0 aromatic heterocycles. The number of nitrogens with one attached hydrogen (secondary N) is 1. The van der Waals surface area contributed by atoms with Crippen LogP contribution in [0.4, 0.5) is 0 Å². The fourth-order valence-electron chi connectivity index (χ4n) is 1.98. The fraction of sp³-hybridized carbons (Fsp3) is 1.00. The molecule has 0 saturated carbocycles. The molecule has 0 radical (unpaired) electrons. The number of rotatable bonds is 9. The van der Waals surface area contributed by atoms with Crippen LogP contribution >= 0.6 is 0 Å². The summed E-state index contributed by atoms with van der Waals surface area (Å²) in [6.45, 7) is 10.2. The van der Waals surface area contributed by atoms with Crippen molar-refractivity contribution in [2.24, 2.45) is 0 Å². The van der Waals surface area contributed by atoms with Crippen LogP contribution in [0.15, 0.2) is 0 Å². The maximum Gasteiger partial charge on any atom is 0.00785 e. The van der Waals surface area contributed by atoms with Crippen molar-refractivity contribution in [3.63, 3.8) is 0 Å².